The Bertz CT molecular complexity index is 665. The van der Waals surface area contributed by atoms with E-state index in [1.54, 1.807) is 12.3 Å². The maximum absolute atomic E-state index is 14.1. The molecule has 0 N–H and O–H groups in total. The van der Waals surface area contributed by atoms with E-state index in [4.69, 9.17) is 9.31 Å². The lowest BCUT2D eigenvalue weighted by Gasteiger charge is -2.32. The number of nitrogens with zero attached hydrogens (tertiary/aromatic N) is 2. The van der Waals surface area contributed by atoms with Gasteiger partial charge < -0.3 is 9.31 Å². The third kappa shape index (κ3) is 1.94. The van der Waals surface area contributed by atoms with Crippen LogP contribution in [0, 0.1) is 12.9 Å². The van der Waals surface area contributed by atoms with Crippen LogP contribution in [-0.2, 0) is 9.31 Å². The molecule has 1 aliphatic heterocycles. The van der Waals surface area contributed by atoms with Crippen LogP contribution in [0.4, 0.5) is 4.39 Å². The van der Waals surface area contributed by atoms with Gasteiger partial charge in [0.25, 0.3) is 0 Å². The predicted molar refractivity (Wildman–Crippen MR) is 75.6 cm³/mol. The molecule has 1 saturated heterocycles. The average molecular weight is 276 g/mol. The highest BCUT2D eigenvalue weighted by molar-refractivity contribution is 6.62. The van der Waals surface area contributed by atoms with Gasteiger partial charge in [0.15, 0.2) is 5.95 Å². The summed E-state index contributed by atoms with van der Waals surface area (Å²) in [4.78, 5) is 4.29. The van der Waals surface area contributed by atoms with Crippen molar-refractivity contribution in [3.8, 4) is 0 Å². The first-order valence-corrected chi connectivity index (χ1v) is 6.70. The van der Waals surface area contributed by atoms with Gasteiger partial charge in [-0.25, -0.2) is 4.98 Å². The molecule has 0 spiro atoms. The van der Waals surface area contributed by atoms with Crippen molar-refractivity contribution < 1.29 is 13.7 Å². The Hall–Kier alpha value is -1.40. The highest BCUT2D eigenvalue weighted by Crippen LogP contribution is 2.36. The summed E-state index contributed by atoms with van der Waals surface area (Å²) in [6.07, 6.45) is 1.67. The molecule has 2 aromatic rings. The zero-order chi connectivity index (χ0) is 14.7. The van der Waals surface area contributed by atoms with Gasteiger partial charge in [-0.2, -0.15) is 4.39 Å². The van der Waals surface area contributed by atoms with E-state index in [2.05, 4.69) is 4.98 Å². The second-order valence-electron chi connectivity index (χ2n) is 6.31. The van der Waals surface area contributed by atoms with Crippen LogP contribution >= 0.6 is 0 Å². The number of aryl methyl sites for hydroxylation is 1. The molecule has 0 aliphatic carbocycles. The number of halogens is 1. The van der Waals surface area contributed by atoms with Crippen molar-refractivity contribution in [1.29, 1.82) is 0 Å². The molecule has 3 heterocycles. The highest BCUT2D eigenvalue weighted by atomic mass is 19.1. The molecule has 6 heteroatoms. The maximum Gasteiger partial charge on any atom is 0.495 e. The van der Waals surface area contributed by atoms with E-state index in [-0.39, 0.29) is 5.95 Å². The third-order valence-electron chi connectivity index (χ3n) is 4.19. The summed E-state index contributed by atoms with van der Waals surface area (Å²) in [5, 5.41) is 0. The number of pyridine rings is 1. The maximum atomic E-state index is 14.1. The first kappa shape index (κ1) is 13.6. The van der Waals surface area contributed by atoms with Gasteiger partial charge in [0.1, 0.15) is 5.65 Å². The Balaban J connectivity index is 2.04. The molecule has 106 valence electrons. The predicted octanol–water partition coefficient (Wildman–Crippen LogP) is 2.08. The highest BCUT2D eigenvalue weighted by Gasteiger charge is 2.51. The van der Waals surface area contributed by atoms with Gasteiger partial charge in [-0.05, 0) is 52.2 Å². The summed E-state index contributed by atoms with van der Waals surface area (Å²) in [6.45, 7) is 9.73. The van der Waals surface area contributed by atoms with Gasteiger partial charge in [-0.15, -0.1) is 0 Å². The minimum absolute atomic E-state index is 0.368. The topological polar surface area (TPSA) is 35.8 Å². The minimum Gasteiger partial charge on any atom is -0.399 e. The molecule has 0 atom stereocenters. The number of rotatable bonds is 1. The van der Waals surface area contributed by atoms with Crippen molar-refractivity contribution in [2.45, 2.75) is 45.8 Å². The molecule has 0 saturated carbocycles. The van der Waals surface area contributed by atoms with E-state index < -0.39 is 18.3 Å². The second-order valence-corrected chi connectivity index (χ2v) is 6.31. The van der Waals surface area contributed by atoms with E-state index in [1.165, 1.54) is 10.5 Å². The molecule has 1 aliphatic rings. The van der Waals surface area contributed by atoms with Crippen LogP contribution in [0.3, 0.4) is 0 Å². The van der Waals surface area contributed by atoms with E-state index in [1.807, 2.05) is 34.6 Å². The number of aromatic nitrogens is 2. The Kier molecular flexibility index (Phi) is 2.75. The Labute approximate surface area is 118 Å². The summed E-state index contributed by atoms with van der Waals surface area (Å²) in [6, 6.07) is 3.24. The van der Waals surface area contributed by atoms with E-state index in [9.17, 15) is 4.39 Å². The molecular weight excluding hydrogens is 258 g/mol. The molecule has 20 heavy (non-hydrogen) atoms. The normalized spacial score (nSPS) is 20.8. The smallest absolute Gasteiger partial charge is 0.399 e. The molecular formula is C14H18BFN2O2. The van der Waals surface area contributed by atoms with Crippen molar-refractivity contribution in [1.82, 2.24) is 9.38 Å². The van der Waals surface area contributed by atoms with Gasteiger partial charge in [-0.3, -0.25) is 4.40 Å². The average Bonchev–Trinajstić information content (AvgIpc) is 2.77. The lowest BCUT2D eigenvalue weighted by Crippen LogP contribution is -2.41. The molecule has 1 fully saturated rings. The molecule has 0 bridgehead atoms. The molecule has 0 aromatic carbocycles. The quantitative estimate of drug-likeness (QED) is 0.591. The Morgan fingerprint density at radius 3 is 2.35 bits per heavy atom. The third-order valence-corrected chi connectivity index (χ3v) is 4.19. The van der Waals surface area contributed by atoms with Crippen molar-refractivity contribution >= 4 is 18.2 Å². The number of fused-ring (bicyclic) bond motifs is 1. The lowest BCUT2D eigenvalue weighted by molar-refractivity contribution is 0.00578. The minimum atomic E-state index is -0.573. The molecule has 0 unspecified atom stereocenters. The van der Waals surface area contributed by atoms with Crippen LogP contribution < -0.4 is 5.46 Å². The fraction of sp³-hybridized carbons (Fsp3) is 0.500. The molecule has 4 nitrogen and oxygen atoms in total. The molecule has 3 rings (SSSR count). The number of hydrogen-bond donors (Lipinski definition) is 0. The zero-order valence-electron chi connectivity index (χ0n) is 12.4. The van der Waals surface area contributed by atoms with Crippen molar-refractivity contribution in [3.63, 3.8) is 0 Å². The Morgan fingerprint density at radius 2 is 1.75 bits per heavy atom. The van der Waals surface area contributed by atoms with Crippen LogP contribution in [0.2, 0.25) is 0 Å². The van der Waals surface area contributed by atoms with Crippen molar-refractivity contribution in [3.05, 3.63) is 30.0 Å². The fourth-order valence-corrected chi connectivity index (χ4v) is 2.30. The summed E-state index contributed by atoms with van der Waals surface area (Å²) in [5.74, 6) is -0.368. The fourth-order valence-electron chi connectivity index (χ4n) is 2.30. The van der Waals surface area contributed by atoms with Gasteiger partial charge in [0.2, 0.25) is 0 Å². The van der Waals surface area contributed by atoms with Crippen LogP contribution in [0.15, 0.2) is 18.3 Å². The van der Waals surface area contributed by atoms with Gasteiger partial charge in [-0.1, -0.05) is 0 Å². The van der Waals surface area contributed by atoms with Crippen LogP contribution in [-0.4, -0.2) is 27.7 Å². The summed E-state index contributed by atoms with van der Waals surface area (Å²) >= 11 is 0. The van der Waals surface area contributed by atoms with Gasteiger partial charge in [0.05, 0.1) is 16.9 Å². The second kappa shape index (κ2) is 4.05. The van der Waals surface area contributed by atoms with E-state index >= 15 is 0 Å². The Morgan fingerprint density at radius 1 is 1.15 bits per heavy atom. The number of imidazole rings is 1. The van der Waals surface area contributed by atoms with Crippen LogP contribution in [0.5, 0.6) is 0 Å². The SMILES string of the molecule is Cc1cn2c(F)cc(B3OC(C)(C)C(C)(C)O3)cc2n1. The van der Waals surface area contributed by atoms with Gasteiger partial charge in [0, 0.05) is 6.20 Å². The summed E-state index contributed by atoms with van der Waals surface area (Å²) in [7, 11) is -0.573. The van der Waals surface area contributed by atoms with Crippen LogP contribution in [0.25, 0.3) is 5.65 Å². The standard InChI is InChI=1S/C14H18BFN2O2/c1-9-8-18-11(16)6-10(7-12(18)17-9)15-19-13(2,3)14(4,5)20-15/h6-8H,1-5H3. The van der Waals surface area contributed by atoms with E-state index in [0.717, 1.165) is 5.69 Å². The molecule has 0 radical (unpaired) electrons. The van der Waals surface area contributed by atoms with Crippen molar-refractivity contribution in [2.24, 2.45) is 0 Å². The van der Waals surface area contributed by atoms with Crippen LogP contribution in [0.1, 0.15) is 33.4 Å². The monoisotopic (exact) mass is 276 g/mol. The lowest BCUT2D eigenvalue weighted by atomic mass is 9.80. The summed E-state index contributed by atoms with van der Waals surface area (Å²) < 4.78 is 27.4. The zero-order valence-corrected chi connectivity index (χ0v) is 12.4. The molecule has 2 aromatic heterocycles. The molecule has 0 amide bonds. The van der Waals surface area contributed by atoms with Crippen molar-refractivity contribution in [2.75, 3.05) is 0 Å². The first-order chi connectivity index (χ1) is 9.19. The van der Waals surface area contributed by atoms with Gasteiger partial charge >= 0.3 is 7.12 Å². The largest absolute Gasteiger partial charge is 0.495 e. The van der Waals surface area contributed by atoms with E-state index in [0.29, 0.717) is 11.1 Å². The summed E-state index contributed by atoms with van der Waals surface area (Å²) in [5.41, 5.74) is 1.11. The number of hydrogen-bond acceptors (Lipinski definition) is 3. The first-order valence-electron chi connectivity index (χ1n) is 6.70.